The normalized spacial score (nSPS) is 10.7. The van der Waals surface area contributed by atoms with Crippen LogP contribution in [-0.2, 0) is 11.2 Å². The van der Waals surface area contributed by atoms with Gasteiger partial charge in [-0.05, 0) is 37.8 Å². The second-order valence-corrected chi connectivity index (χ2v) is 5.01. The SMILES string of the molecule is CCC(C)(CC)NC(=O)CCc1ccccc1N.Cl. The van der Waals surface area contributed by atoms with Crippen LogP contribution in [0.4, 0.5) is 5.69 Å². The average Bonchev–Trinajstić information content (AvgIpc) is 2.37. The van der Waals surface area contributed by atoms with Gasteiger partial charge in [-0.25, -0.2) is 0 Å². The summed E-state index contributed by atoms with van der Waals surface area (Å²) in [6.45, 7) is 6.28. The van der Waals surface area contributed by atoms with Crippen LogP contribution in [0, 0.1) is 0 Å². The van der Waals surface area contributed by atoms with Crippen molar-refractivity contribution in [2.75, 3.05) is 5.73 Å². The Morgan fingerprint density at radius 2 is 1.84 bits per heavy atom. The fraction of sp³-hybridized carbons (Fsp3) is 0.533. The number of carbonyl (C=O) groups excluding carboxylic acids is 1. The number of anilines is 1. The van der Waals surface area contributed by atoms with E-state index in [9.17, 15) is 4.79 Å². The Morgan fingerprint density at radius 3 is 2.37 bits per heavy atom. The van der Waals surface area contributed by atoms with Gasteiger partial charge in [0.25, 0.3) is 0 Å². The molecule has 19 heavy (non-hydrogen) atoms. The predicted octanol–water partition coefficient (Wildman–Crippen LogP) is 3.32. The average molecular weight is 285 g/mol. The molecule has 0 saturated carbocycles. The topological polar surface area (TPSA) is 55.1 Å². The highest BCUT2D eigenvalue weighted by atomic mass is 35.5. The Bertz CT molecular complexity index is 403. The molecule has 1 rings (SSSR count). The van der Waals surface area contributed by atoms with Gasteiger partial charge >= 0.3 is 0 Å². The summed E-state index contributed by atoms with van der Waals surface area (Å²) in [7, 11) is 0. The zero-order chi connectivity index (χ0) is 13.6. The minimum Gasteiger partial charge on any atom is -0.399 e. The fourth-order valence-electron chi connectivity index (χ4n) is 1.84. The van der Waals surface area contributed by atoms with Gasteiger partial charge in [0.1, 0.15) is 0 Å². The molecule has 0 aliphatic rings. The number of nitrogens with one attached hydrogen (secondary N) is 1. The number of hydrogen-bond acceptors (Lipinski definition) is 2. The minimum atomic E-state index is -0.0840. The molecule has 0 fully saturated rings. The van der Waals surface area contributed by atoms with E-state index in [4.69, 9.17) is 5.73 Å². The molecule has 1 aromatic carbocycles. The first kappa shape index (κ1) is 17.8. The second kappa shape index (κ2) is 8.05. The van der Waals surface area contributed by atoms with Crippen molar-refractivity contribution >= 4 is 24.0 Å². The lowest BCUT2D eigenvalue weighted by atomic mass is 9.95. The molecule has 1 aromatic rings. The molecule has 0 spiro atoms. The molecule has 1 amide bonds. The standard InChI is InChI=1S/C15H24N2O.ClH/c1-4-15(3,5-2)17-14(18)11-10-12-8-6-7-9-13(12)16;/h6-9H,4-5,10-11,16H2,1-3H3,(H,17,18);1H. The smallest absolute Gasteiger partial charge is 0.220 e. The molecule has 3 nitrogen and oxygen atoms in total. The highest BCUT2D eigenvalue weighted by molar-refractivity contribution is 5.85. The Labute approximate surface area is 122 Å². The van der Waals surface area contributed by atoms with Gasteiger partial charge in [-0.15, -0.1) is 12.4 Å². The molecule has 0 saturated heterocycles. The number of halogens is 1. The van der Waals surface area contributed by atoms with Crippen LogP contribution >= 0.6 is 12.4 Å². The van der Waals surface area contributed by atoms with E-state index in [1.165, 1.54) is 0 Å². The van der Waals surface area contributed by atoms with Gasteiger partial charge in [0, 0.05) is 17.6 Å². The predicted molar refractivity (Wildman–Crippen MR) is 83.6 cm³/mol. The summed E-state index contributed by atoms with van der Waals surface area (Å²) >= 11 is 0. The molecule has 0 radical (unpaired) electrons. The monoisotopic (exact) mass is 284 g/mol. The van der Waals surface area contributed by atoms with E-state index in [0.717, 1.165) is 24.1 Å². The summed E-state index contributed by atoms with van der Waals surface area (Å²) in [5, 5.41) is 3.10. The second-order valence-electron chi connectivity index (χ2n) is 5.01. The van der Waals surface area contributed by atoms with Crippen LogP contribution in [-0.4, -0.2) is 11.4 Å². The summed E-state index contributed by atoms with van der Waals surface area (Å²) in [6.07, 6.45) is 3.08. The number of hydrogen-bond donors (Lipinski definition) is 2. The lowest BCUT2D eigenvalue weighted by molar-refractivity contribution is -0.122. The molecule has 0 atom stereocenters. The highest BCUT2D eigenvalue weighted by Crippen LogP contribution is 2.15. The van der Waals surface area contributed by atoms with Gasteiger partial charge < -0.3 is 11.1 Å². The van der Waals surface area contributed by atoms with Gasteiger partial charge in [0.15, 0.2) is 0 Å². The number of nitrogen functional groups attached to an aromatic ring is 1. The molecule has 4 heteroatoms. The van der Waals surface area contributed by atoms with Crippen molar-refractivity contribution < 1.29 is 4.79 Å². The van der Waals surface area contributed by atoms with E-state index in [2.05, 4.69) is 26.1 Å². The van der Waals surface area contributed by atoms with Crippen LogP contribution in [0.5, 0.6) is 0 Å². The first-order chi connectivity index (χ1) is 8.50. The molecule has 0 heterocycles. The maximum atomic E-state index is 11.9. The third-order valence-corrected chi connectivity index (χ3v) is 3.68. The number of nitrogens with two attached hydrogens (primary N) is 1. The van der Waals surface area contributed by atoms with E-state index >= 15 is 0 Å². The van der Waals surface area contributed by atoms with Crippen molar-refractivity contribution in [1.82, 2.24) is 5.32 Å². The van der Waals surface area contributed by atoms with E-state index < -0.39 is 0 Å². The molecule has 0 bridgehead atoms. The van der Waals surface area contributed by atoms with Gasteiger partial charge in [-0.2, -0.15) is 0 Å². The Balaban J connectivity index is 0.00000324. The maximum absolute atomic E-state index is 11.9. The van der Waals surface area contributed by atoms with Gasteiger partial charge in [-0.3, -0.25) is 4.79 Å². The van der Waals surface area contributed by atoms with Crippen LogP contribution in [0.2, 0.25) is 0 Å². The van der Waals surface area contributed by atoms with Crippen LogP contribution in [0.1, 0.15) is 45.6 Å². The van der Waals surface area contributed by atoms with E-state index in [1.807, 2.05) is 24.3 Å². The van der Waals surface area contributed by atoms with Crippen molar-refractivity contribution in [1.29, 1.82) is 0 Å². The van der Waals surface area contributed by atoms with Gasteiger partial charge in [0.05, 0.1) is 0 Å². The van der Waals surface area contributed by atoms with Crippen molar-refractivity contribution in [2.45, 2.75) is 52.0 Å². The van der Waals surface area contributed by atoms with Crippen LogP contribution in [0.3, 0.4) is 0 Å². The minimum absolute atomic E-state index is 0. The molecule has 3 N–H and O–H groups in total. The number of para-hydroxylation sites is 1. The van der Waals surface area contributed by atoms with Crippen molar-refractivity contribution in [3.63, 3.8) is 0 Å². The quantitative estimate of drug-likeness (QED) is 0.788. The number of benzene rings is 1. The fourth-order valence-corrected chi connectivity index (χ4v) is 1.84. The summed E-state index contributed by atoms with van der Waals surface area (Å²) < 4.78 is 0. The van der Waals surface area contributed by atoms with Crippen molar-refractivity contribution in [3.05, 3.63) is 29.8 Å². The number of aryl methyl sites for hydroxylation is 1. The largest absolute Gasteiger partial charge is 0.399 e. The maximum Gasteiger partial charge on any atom is 0.220 e. The van der Waals surface area contributed by atoms with Crippen molar-refractivity contribution in [3.8, 4) is 0 Å². The molecule has 0 unspecified atom stereocenters. The van der Waals surface area contributed by atoms with Crippen LogP contribution < -0.4 is 11.1 Å². The molecule has 0 aliphatic heterocycles. The molecule has 0 aromatic heterocycles. The van der Waals surface area contributed by atoms with Crippen LogP contribution in [0.15, 0.2) is 24.3 Å². The summed E-state index contributed by atoms with van der Waals surface area (Å²) in [6, 6.07) is 7.70. The van der Waals surface area contributed by atoms with Gasteiger partial charge in [0.2, 0.25) is 5.91 Å². The van der Waals surface area contributed by atoms with Crippen LogP contribution in [0.25, 0.3) is 0 Å². The van der Waals surface area contributed by atoms with E-state index in [1.54, 1.807) is 0 Å². The third kappa shape index (κ3) is 5.52. The Kier molecular flexibility index (Phi) is 7.53. The lowest BCUT2D eigenvalue weighted by Crippen LogP contribution is -2.45. The molecule has 108 valence electrons. The van der Waals surface area contributed by atoms with E-state index in [0.29, 0.717) is 12.8 Å². The first-order valence-corrected chi connectivity index (χ1v) is 6.65. The zero-order valence-electron chi connectivity index (χ0n) is 12.0. The number of rotatable bonds is 6. The summed E-state index contributed by atoms with van der Waals surface area (Å²) in [5.74, 6) is 0.101. The van der Waals surface area contributed by atoms with Crippen molar-refractivity contribution in [2.24, 2.45) is 0 Å². The summed E-state index contributed by atoms with van der Waals surface area (Å²) in [4.78, 5) is 11.9. The lowest BCUT2D eigenvalue weighted by Gasteiger charge is -2.28. The zero-order valence-corrected chi connectivity index (χ0v) is 12.8. The Morgan fingerprint density at radius 1 is 1.26 bits per heavy atom. The number of amides is 1. The molecule has 0 aliphatic carbocycles. The molecular formula is C15H25ClN2O. The first-order valence-electron chi connectivity index (χ1n) is 6.65. The summed E-state index contributed by atoms with van der Waals surface area (Å²) in [5.41, 5.74) is 7.58. The van der Waals surface area contributed by atoms with Gasteiger partial charge in [-0.1, -0.05) is 32.0 Å². The highest BCUT2D eigenvalue weighted by Gasteiger charge is 2.21. The van der Waals surface area contributed by atoms with E-state index in [-0.39, 0.29) is 23.9 Å². The third-order valence-electron chi connectivity index (χ3n) is 3.68. The Hall–Kier alpha value is -1.22. The molecular weight excluding hydrogens is 260 g/mol. The number of carbonyl (C=O) groups is 1.